The highest BCUT2D eigenvalue weighted by Gasteiger charge is 2.24. The fourth-order valence-electron chi connectivity index (χ4n) is 2.01. The zero-order valence-corrected chi connectivity index (χ0v) is 10.5. The van der Waals surface area contributed by atoms with E-state index < -0.39 is 5.97 Å². The van der Waals surface area contributed by atoms with Crippen molar-refractivity contribution < 1.29 is 14.6 Å². The van der Waals surface area contributed by atoms with Crippen LogP contribution < -0.4 is 0 Å². The van der Waals surface area contributed by atoms with Gasteiger partial charge in [-0.2, -0.15) is 0 Å². The van der Waals surface area contributed by atoms with Crippen molar-refractivity contribution in [1.29, 1.82) is 0 Å². The summed E-state index contributed by atoms with van der Waals surface area (Å²) in [6, 6.07) is 0. The molecule has 1 saturated heterocycles. The highest BCUT2D eigenvalue weighted by Crippen LogP contribution is 2.19. The number of carbonyl (C=O) groups is 1. The third-order valence-corrected chi connectivity index (χ3v) is 2.78. The van der Waals surface area contributed by atoms with Gasteiger partial charge in [0.2, 0.25) is 0 Å². The van der Waals surface area contributed by atoms with E-state index in [1.807, 2.05) is 20.8 Å². The minimum atomic E-state index is -0.683. The van der Waals surface area contributed by atoms with Gasteiger partial charge in [-0.25, -0.2) is 0 Å². The number of carboxylic acid groups (broad SMARTS) is 1. The molecule has 1 aliphatic rings. The molecule has 1 heterocycles. The average Bonchev–Trinajstić information content (AvgIpc) is 2.49. The zero-order chi connectivity index (χ0) is 12.2. The molecule has 4 nitrogen and oxygen atoms in total. The zero-order valence-electron chi connectivity index (χ0n) is 10.5. The molecule has 1 N–H and O–H groups in total. The third kappa shape index (κ3) is 5.47. The molecule has 1 rings (SSSR count). The maximum Gasteiger partial charge on any atom is 0.303 e. The van der Waals surface area contributed by atoms with Crippen LogP contribution >= 0.6 is 0 Å². The molecule has 0 amide bonds. The first kappa shape index (κ1) is 13.5. The molecule has 0 aromatic heterocycles. The first-order valence-electron chi connectivity index (χ1n) is 5.95. The van der Waals surface area contributed by atoms with Crippen LogP contribution in [0.1, 0.15) is 33.6 Å². The standard InChI is InChI=1S/C12H23NO3/c1-12(2,3)16-7-6-13-5-4-10(9-13)8-11(14)15/h10H,4-9H2,1-3H3,(H,14,15). The molecule has 16 heavy (non-hydrogen) atoms. The fraction of sp³-hybridized carbons (Fsp3) is 0.917. The predicted molar refractivity (Wildman–Crippen MR) is 62.5 cm³/mol. The van der Waals surface area contributed by atoms with Gasteiger partial charge in [-0.1, -0.05) is 0 Å². The summed E-state index contributed by atoms with van der Waals surface area (Å²) >= 11 is 0. The molecule has 1 atom stereocenters. The van der Waals surface area contributed by atoms with Crippen molar-refractivity contribution in [2.75, 3.05) is 26.2 Å². The van der Waals surface area contributed by atoms with Gasteiger partial charge in [-0.3, -0.25) is 4.79 Å². The van der Waals surface area contributed by atoms with Crippen LogP contribution in [-0.2, 0) is 9.53 Å². The quantitative estimate of drug-likeness (QED) is 0.778. The molecule has 0 spiro atoms. The lowest BCUT2D eigenvalue weighted by atomic mass is 10.1. The van der Waals surface area contributed by atoms with Crippen LogP contribution in [0.3, 0.4) is 0 Å². The van der Waals surface area contributed by atoms with Gasteiger partial charge >= 0.3 is 5.97 Å². The Morgan fingerprint density at radius 1 is 1.50 bits per heavy atom. The van der Waals surface area contributed by atoms with Gasteiger partial charge in [0.15, 0.2) is 0 Å². The molecule has 0 radical (unpaired) electrons. The Bertz CT molecular complexity index is 235. The molecule has 0 aromatic carbocycles. The summed E-state index contributed by atoms with van der Waals surface area (Å²) in [4.78, 5) is 12.9. The molecule has 1 fully saturated rings. The van der Waals surface area contributed by atoms with Crippen molar-refractivity contribution >= 4 is 5.97 Å². The van der Waals surface area contributed by atoms with Crippen LogP contribution in [0.2, 0.25) is 0 Å². The van der Waals surface area contributed by atoms with Gasteiger partial charge in [0.25, 0.3) is 0 Å². The van der Waals surface area contributed by atoms with E-state index in [1.165, 1.54) is 0 Å². The van der Waals surface area contributed by atoms with Crippen LogP contribution in [-0.4, -0.2) is 47.8 Å². The summed E-state index contributed by atoms with van der Waals surface area (Å²) in [5, 5.41) is 8.70. The topological polar surface area (TPSA) is 49.8 Å². The van der Waals surface area contributed by atoms with E-state index in [0.29, 0.717) is 12.3 Å². The van der Waals surface area contributed by atoms with Crippen LogP contribution in [0.5, 0.6) is 0 Å². The highest BCUT2D eigenvalue weighted by atomic mass is 16.5. The molecule has 94 valence electrons. The molecule has 0 bridgehead atoms. The number of likely N-dealkylation sites (tertiary alicyclic amines) is 1. The second-order valence-corrected chi connectivity index (χ2v) is 5.51. The van der Waals surface area contributed by atoms with Crippen LogP contribution in [0.25, 0.3) is 0 Å². The van der Waals surface area contributed by atoms with E-state index in [2.05, 4.69) is 4.90 Å². The van der Waals surface area contributed by atoms with E-state index in [4.69, 9.17) is 9.84 Å². The number of hydrogen-bond acceptors (Lipinski definition) is 3. The lowest BCUT2D eigenvalue weighted by molar-refractivity contribution is -0.138. The second kappa shape index (κ2) is 5.64. The summed E-state index contributed by atoms with van der Waals surface area (Å²) in [5.74, 6) is -0.357. The number of carboxylic acids is 1. The maximum absolute atomic E-state index is 10.6. The summed E-state index contributed by atoms with van der Waals surface area (Å²) in [7, 11) is 0. The lowest BCUT2D eigenvalue weighted by Gasteiger charge is -2.22. The van der Waals surface area contributed by atoms with Crippen molar-refractivity contribution in [2.24, 2.45) is 5.92 Å². The molecule has 0 saturated carbocycles. The molecule has 0 aliphatic carbocycles. The van der Waals surface area contributed by atoms with E-state index >= 15 is 0 Å². The Morgan fingerprint density at radius 3 is 2.75 bits per heavy atom. The Hall–Kier alpha value is -0.610. The van der Waals surface area contributed by atoms with Gasteiger partial charge < -0.3 is 14.7 Å². The Balaban J connectivity index is 2.14. The minimum Gasteiger partial charge on any atom is -0.481 e. The first-order chi connectivity index (χ1) is 7.37. The SMILES string of the molecule is CC(C)(C)OCCN1CCC(CC(=O)O)C1. The average molecular weight is 229 g/mol. The Kier molecular flexibility index (Phi) is 4.74. The molecule has 4 heteroatoms. The van der Waals surface area contributed by atoms with Crippen molar-refractivity contribution in [2.45, 2.75) is 39.2 Å². The Morgan fingerprint density at radius 2 is 2.19 bits per heavy atom. The first-order valence-corrected chi connectivity index (χ1v) is 5.95. The highest BCUT2D eigenvalue weighted by molar-refractivity contribution is 5.67. The molecule has 0 aromatic rings. The van der Waals surface area contributed by atoms with Crippen molar-refractivity contribution in [1.82, 2.24) is 4.90 Å². The van der Waals surface area contributed by atoms with Gasteiger partial charge in [-0.05, 0) is 39.7 Å². The molecule has 1 unspecified atom stereocenters. The number of aliphatic carboxylic acids is 1. The van der Waals surface area contributed by atoms with Gasteiger partial charge in [0.05, 0.1) is 12.2 Å². The monoisotopic (exact) mass is 229 g/mol. The predicted octanol–water partition coefficient (Wildman–Crippen LogP) is 1.60. The molecular formula is C12H23NO3. The molecule has 1 aliphatic heterocycles. The van der Waals surface area contributed by atoms with E-state index in [0.717, 1.165) is 32.7 Å². The smallest absolute Gasteiger partial charge is 0.303 e. The van der Waals surface area contributed by atoms with Gasteiger partial charge in [0.1, 0.15) is 0 Å². The largest absolute Gasteiger partial charge is 0.481 e. The minimum absolute atomic E-state index is 0.0831. The van der Waals surface area contributed by atoms with Gasteiger partial charge in [0, 0.05) is 19.5 Å². The summed E-state index contributed by atoms with van der Waals surface area (Å²) in [5.41, 5.74) is -0.0831. The number of rotatable bonds is 5. The summed E-state index contributed by atoms with van der Waals surface area (Å²) < 4.78 is 5.65. The number of ether oxygens (including phenoxy) is 1. The number of nitrogens with zero attached hydrogens (tertiary/aromatic N) is 1. The van der Waals surface area contributed by atoms with E-state index in [1.54, 1.807) is 0 Å². The van der Waals surface area contributed by atoms with Crippen LogP contribution in [0, 0.1) is 5.92 Å². The van der Waals surface area contributed by atoms with Crippen LogP contribution in [0.4, 0.5) is 0 Å². The van der Waals surface area contributed by atoms with Gasteiger partial charge in [-0.15, -0.1) is 0 Å². The van der Waals surface area contributed by atoms with E-state index in [-0.39, 0.29) is 5.60 Å². The number of hydrogen-bond donors (Lipinski definition) is 1. The van der Waals surface area contributed by atoms with Crippen molar-refractivity contribution in [3.05, 3.63) is 0 Å². The second-order valence-electron chi connectivity index (χ2n) is 5.51. The Labute approximate surface area is 97.6 Å². The summed E-state index contributed by atoms with van der Waals surface area (Å²) in [6.45, 7) is 9.68. The third-order valence-electron chi connectivity index (χ3n) is 2.78. The van der Waals surface area contributed by atoms with Crippen molar-refractivity contribution in [3.8, 4) is 0 Å². The molecular weight excluding hydrogens is 206 g/mol. The van der Waals surface area contributed by atoms with Crippen LogP contribution in [0.15, 0.2) is 0 Å². The van der Waals surface area contributed by atoms with Crippen molar-refractivity contribution in [3.63, 3.8) is 0 Å². The summed E-state index contributed by atoms with van der Waals surface area (Å²) in [6.07, 6.45) is 1.30. The fourth-order valence-corrected chi connectivity index (χ4v) is 2.01. The lowest BCUT2D eigenvalue weighted by Crippen LogP contribution is -2.29. The normalized spacial score (nSPS) is 22.6. The van der Waals surface area contributed by atoms with E-state index in [9.17, 15) is 4.79 Å². The maximum atomic E-state index is 10.6.